The lowest BCUT2D eigenvalue weighted by Gasteiger charge is -2.24. The molecular weight excluding hydrogens is 721 g/mol. The molecule has 0 heterocycles. The van der Waals surface area contributed by atoms with Gasteiger partial charge >= 0.3 is 35.8 Å². The minimum Gasteiger partial charge on any atom is -0.481 e. The average molecular weight is 773 g/mol. The zero-order valence-corrected chi connectivity index (χ0v) is 30.9. The van der Waals surface area contributed by atoms with Crippen molar-refractivity contribution in [3.63, 3.8) is 0 Å². The van der Waals surface area contributed by atoms with E-state index in [1.165, 1.54) is 6.42 Å². The van der Waals surface area contributed by atoms with Crippen LogP contribution in [0.3, 0.4) is 0 Å². The van der Waals surface area contributed by atoms with Gasteiger partial charge in [-0.05, 0) is 6.42 Å². The summed E-state index contributed by atoms with van der Waals surface area (Å²) in [5, 5.41) is 72.5. The molecule has 0 radical (unpaired) electrons. The smallest absolute Gasteiger partial charge is 0.313 e. The molecule has 0 spiro atoms. The molecule has 0 unspecified atom stereocenters. The number of hydrogen-bond acceptors (Lipinski definition) is 15. The molecule has 21 heteroatoms. The number of aliphatic hydroxyl groups is 3. The summed E-state index contributed by atoms with van der Waals surface area (Å²) >= 11 is 21.3. The molecule has 0 bridgehead atoms. The van der Waals surface area contributed by atoms with Gasteiger partial charge in [-0.25, -0.2) is 0 Å². The maximum atomic E-state index is 9.55. The Labute approximate surface area is 297 Å². The SMILES string of the molecule is CCC.CCC(CO)(CO)CO.O=C(O)CCS.O=C(O)CCS.O=C(O)CCS.O=C(O)CS.O=C(O)CS.O=C(O)CS. The standard InChI is InChI=1S/C6H14O3.3C3H6O2S.C3H8.3C2H4O2S/c1-2-6(3-7,4-8)5-9;3*4-3(5)1-2-6;1-3-2;3*3-2(4)1-5/h7-9H,2-5H2,1H3;3*6H,1-2H2,(H,4,5);3H2,1-2H3;3*5H,1H2,(H,3,4). The van der Waals surface area contributed by atoms with Crippen molar-refractivity contribution in [3.8, 4) is 0 Å². The predicted octanol–water partition coefficient (Wildman–Crippen LogP) is 1.95. The first-order chi connectivity index (χ1) is 20.8. The molecule has 0 atom stereocenters. The van der Waals surface area contributed by atoms with Gasteiger partial charge in [0, 0.05) is 22.7 Å². The lowest BCUT2D eigenvalue weighted by Crippen LogP contribution is -2.32. The van der Waals surface area contributed by atoms with Gasteiger partial charge in [0.1, 0.15) is 0 Å². The van der Waals surface area contributed by atoms with Crippen molar-refractivity contribution in [1.82, 2.24) is 0 Å². The van der Waals surface area contributed by atoms with Crippen LogP contribution in [0.2, 0.25) is 0 Å². The molecule has 0 aliphatic heterocycles. The van der Waals surface area contributed by atoms with E-state index in [0.29, 0.717) is 23.7 Å². The molecule has 0 saturated carbocycles. The van der Waals surface area contributed by atoms with Gasteiger partial charge in [0.2, 0.25) is 0 Å². The Balaban J connectivity index is -0.0000000589. The normalized spacial score (nSPS) is 8.53. The third kappa shape index (κ3) is 107. The molecule has 0 amide bonds. The fourth-order valence-corrected chi connectivity index (χ4v) is 1.35. The van der Waals surface area contributed by atoms with Crippen LogP contribution in [0.5, 0.6) is 0 Å². The van der Waals surface area contributed by atoms with E-state index in [0.717, 1.165) is 0 Å². The zero-order chi connectivity index (χ0) is 37.9. The van der Waals surface area contributed by atoms with Crippen LogP contribution in [0, 0.1) is 5.41 Å². The summed E-state index contributed by atoms with van der Waals surface area (Å²) in [6, 6.07) is 0. The van der Waals surface area contributed by atoms with E-state index in [1.807, 2.05) is 6.92 Å². The summed E-state index contributed by atoms with van der Waals surface area (Å²) in [7, 11) is 0. The Hall–Kier alpha value is -1.20. The van der Waals surface area contributed by atoms with Gasteiger partial charge < -0.3 is 46.0 Å². The molecule has 45 heavy (non-hydrogen) atoms. The Morgan fingerprint density at radius 2 is 0.600 bits per heavy atom. The van der Waals surface area contributed by atoms with Crippen molar-refractivity contribution in [2.45, 2.75) is 52.9 Å². The minimum atomic E-state index is -0.881. The second-order valence-electron chi connectivity index (χ2n) is 7.29. The van der Waals surface area contributed by atoms with Crippen LogP contribution in [0.15, 0.2) is 0 Å². The topological polar surface area (TPSA) is 284 Å². The molecule has 0 aliphatic rings. The molecule has 0 fully saturated rings. The highest BCUT2D eigenvalue weighted by Crippen LogP contribution is 2.18. The van der Waals surface area contributed by atoms with Crippen LogP contribution in [-0.4, -0.2) is 136 Å². The van der Waals surface area contributed by atoms with Gasteiger partial charge in [-0.1, -0.05) is 27.2 Å². The van der Waals surface area contributed by atoms with Crippen molar-refractivity contribution >= 4 is 112 Å². The Kier molecular flexibility index (Phi) is 76.8. The van der Waals surface area contributed by atoms with Gasteiger partial charge in [0.05, 0.1) is 56.3 Å². The van der Waals surface area contributed by atoms with E-state index < -0.39 is 41.2 Å². The van der Waals surface area contributed by atoms with Gasteiger partial charge in [-0.15, -0.1) is 0 Å². The largest absolute Gasteiger partial charge is 0.481 e. The van der Waals surface area contributed by atoms with Crippen molar-refractivity contribution in [1.29, 1.82) is 0 Å². The van der Waals surface area contributed by atoms with Crippen molar-refractivity contribution < 1.29 is 74.7 Å². The number of rotatable bonds is 13. The van der Waals surface area contributed by atoms with Crippen molar-refractivity contribution in [2.75, 3.05) is 54.3 Å². The number of carbonyl (C=O) groups is 6. The Morgan fingerprint density at radius 1 is 0.444 bits per heavy atom. The Morgan fingerprint density at radius 3 is 0.600 bits per heavy atom. The fraction of sp³-hybridized carbons (Fsp3) is 0.750. The van der Waals surface area contributed by atoms with Crippen LogP contribution in [0.4, 0.5) is 0 Å². The molecule has 9 N–H and O–H groups in total. The number of aliphatic hydroxyl groups excluding tert-OH is 3. The van der Waals surface area contributed by atoms with Gasteiger partial charge in [0.25, 0.3) is 0 Å². The molecule has 0 aliphatic carbocycles. The second kappa shape index (κ2) is 55.2. The van der Waals surface area contributed by atoms with Gasteiger partial charge in [0.15, 0.2) is 0 Å². The first-order valence-corrected chi connectivity index (χ1v) is 16.4. The predicted molar refractivity (Wildman–Crippen MR) is 193 cm³/mol. The van der Waals surface area contributed by atoms with E-state index in [9.17, 15) is 28.8 Å². The summed E-state index contributed by atoms with van der Waals surface area (Å²) < 4.78 is 0. The highest BCUT2D eigenvalue weighted by Gasteiger charge is 2.24. The molecule has 0 aromatic carbocycles. The maximum Gasteiger partial charge on any atom is 0.313 e. The minimum absolute atomic E-state index is 0.0833. The van der Waals surface area contributed by atoms with Gasteiger partial charge in [-0.2, -0.15) is 75.8 Å². The fourth-order valence-electron chi connectivity index (χ4n) is 0.772. The van der Waals surface area contributed by atoms with Crippen molar-refractivity contribution in [3.05, 3.63) is 0 Å². The monoisotopic (exact) mass is 772 g/mol. The zero-order valence-electron chi connectivity index (χ0n) is 25.6. The summed E-state index contributed by atoms with van der Waals surface area (Å²) in [4.78, 5) is 56.5. The second-order valence-corrected chi connectivity index (χ2v) is 9.58. The number of carboxylic acid groups (broad SMARTS) is 6. The third-order valence-corrected chi connectivity index (χ3v) is 4.62. The van der Waals surface area contributed by atoms with Crippen LogP contribution in [0.1, 0.15) is 52.9 Å². The van der Waals surface area contributed by atoms with E-state index >= 15 is 0 Å². The highest BCUT2D eigenvalue weighted by molar-refractivity contribution is 7.81. The van der Waals surface area contributed by atoms with Gasteiger partial charge in [-0.3, -0.25) is 28.8 Å². The Bertz CT molecular complexity index is 595. The molecular formula is C24H52O15S6. The average Bonchev–Trinajstić information content (AvgIpc) is 2.96. The number of hydrogen-bond donors (Lipinski definition) is 15. The molecule has 0 saturated heterocycles. The van der Waals surface area contributed by atoms with Crippen molar-refractivity contribution in [2.24, 2.45) is 5.41 Å². The van der Waals surface area contributed by atoms with E-state index in [-0.39, 0.29) is 56.3 Å². The number of carboxylic acids is 6. The molecule has 15 nitrogen and oxygen atoms in total. The summed E-state index contributed by atoms with van der Waals surface area (Å²) in [6.45, 7) is 5.60. The van der Waals surface area contributed by atoms with E-state index in [2.05, 4.69) is 89.6 Å². The van der Waals surface area contributed by atoms with Crippen LogP contribution in [0.25, 0.3) is 0 Å². The van der Waals surface area contributed by atoms with E-state index in [4.69, 9.17) is 46.0 Å². The summed E-state index contributed by atoms with van der Waals surface area (Å²) in [5.41, 5.74) is -0.667. The summed E-state index contributed by atoms with van der Waals surface area (Å²) in [5.74, 6) is -3.98. The lowest BCUT2D eigenvalue weighted by molar-refractivity contribution is -0.137. The lowest BCUT2D eigenvalue weighted by atomic mass is 9.88. The molecule has 0 aromatic rings. The van der Waals surface area contributed by atoms with Crippen LogP contribution >= 0.6 is 75.8 Å². The number of thiol groups is 6. The third-order valence-electron chi connectivity index (χ3n) is 3.14. The van der Waals surface area contributed by atoms with E-state index in [1.54, 1.807) is 0 Å². The first-order valence-electron chi connectivity index (χ1n) is 12.6. The van der Waals surface area contributed by atoms with Crippen LogP contribution < -0.4 is 0 Å². The first kappa shape index (κ1) is 62.6. The molecule has 274 valence electrons. The van der Waals surface area contributed by atoms with Crippen LogP contribution in [-0.2, 0) is 28.8 Å². The quantitative estimate of drug-likeness (QED) is 0.119. The molecule has 0 rings (SSSR count). The highest BCUT2D eigenvalue weighted by atomic mass is 32.1. The number of aliphatic carboxylic acids is 6. The molecule has 0 aromatic heterocycles. The maximum absolute atomic E-state index is 9.55. The summed E-state index contributed by atoms with van der Waals surface area (Å²) in [6.07, 6.45) is 2.31.